The molecule has 1 aliphatic carbocycles. The minimum Gasteiger partial charge on any atom is -0.480 e. The van der Waals surface area contributed by atoms with Crippen LogP contribution in [0.4, 0.5) is 0 Å². The summed E-state index contributed by atoms with van der Waals surface area (Å²) >= 11 is 0. The second kappa shape index (κ2) is 5.36. The molecule has 4 heteroatoms. The lowest BCUT2D eigenvalue weighted by atomic mass is 9.68. The number of methoxy groups -OCH3 is 1. The predicted octanol–water partition coefficient (Wildman–Crippen LogP) is 1.60. The summed E-state index contributed by atoms with van der Waals surface area (Å²) in [6.07, 6.45) is 6.41. The summed E-state index contributed by atoms with van der Waals surface area (Å²) in [5.74, 6) is -0.193. The number of carboxylic acids is 1. The Labute approximate surface area is 103 Å². The van der Waals surface area contributed by atoms with Crippen LogP contribution in [0.3, 0.4) is 0 Å². The Morgan fingerprint density at radius 2 is 2.12 bits per heavy atom. The first-order valence-corrected chi connectivity index (χ1v) is 6.59. The highest BCUT2D eigenvalue weighted by Gasteiger charge is 2.46. The smallest absolute Gasteiger partial charge is 0.317 e. The zero-order chi connectivity index (χ0) is 12.3. The SMILES string of the molecule is COC[C@@H]1CN(CC(=O)O)CC12CCCCC2. The number of nitrogens with zero attached hydrogens (tertiary/aromatic N) is 1. The number of rotatable bonds is 4. The minimum atomic E-state index is -0.714. The fraction of sp³-hybridized carbons (Fsp3) is 0.923. The first-order chi connectivity index (χ1) is 8.16. The maximum absolute atomic E-state index is 10.8. The second-order valence-electron chi connectivity index (χ2n) is 5.64. The molecule has 1 saturated carbocycles. The van der Waals surface area contributed by atoms with Crippen LogP contribution < -0.4 is 0 Å². The van der Waals surface area contributed by atoms with Crippen molar-refractivity contribution in [3.05, 3.63) is 0 Å². The molecule has 0 radical (unpaired) electrons. The molecule has 1 atom stereocenters. The number of hydrogen-bond acceptors (Lipinski definition) is 3. The van der Waals surface area contributed by atoms with Crippen molar-refractivity contribution in [2.75, 3.05) is 33.4 Å². The molecule has 1 spiro atoms. The van der Waals surface area contributed by atoms with Crippen LogP contribution in [0.5, 0.6) is 0 Å². The third-order valence-electron chi connectivity index (χ3n) is 4.46. The van der Waals surface area contributed by atoms with Crippen LogP contribution in [0, 0.1) is 11.3 Å². The summed E-state index contributed by atoms with van der Waals surface area (Å²) in [4.78, 5) is 12.9. The summed E-state index contributed by atoms with van der Waals surface area (Å²) < 4.78 is 5.33. The van der Waals surface area contributed by atoms with Gasteiger partial charge in [0, 0.05) is 26.1 Å². The average molecular weight is 241 g/mol. The molecule has 1 aliphatic heterocycles. The quantitative estimate of drug-likeness (QED) is 0.812. The van der Waals surface area contributed by atoms with Crippen molar-refractivity contribution in [1.82, 2.24) is 4.90 Å². The number of carboxylic acid groups (broad SMARTS) is 1. The number of likely N-dealkylation sites (tertiary alicyclic amines) is 1. The molecule has 0 aromatic heterocycles. The monoisotopic (exact) mass is 241 g/mol. The van der Waals surface area contributed by atoms with Gasteiger partial charge in [-0.1, -0.05) is 19.3 Å². The van der Waals surface area contributed by atoms with Gasteiger partial charge >= 0.3 is 5.97 Å². The summed E-state index contributed by atoms with van der Waals surface area (Å²) in [6.45, 7) is 2.80. The molecule has 1 heterocycles. The van der Waals surface area contributed by atoms with Gasteiger partial charge in [-0.15, -0.1) is 0 Å². The molecule has 1 saturated heterocycles. The zero-order valence-electron chi connectivity index (χ0n) is 10.7. The first kappa shape index (κ1) is 12.8. The van der Waals surface area contributed by atoms with Gasteiger partial charge in [0.2, 0.25) is 0 Å². The van der Waals surface area contributed by atoms with E-state index in [-0.39, 0.29) is 6.54 Å². The van der Waals surface area contributed by atoms with E-state index in [4.69, 9.17) is 9.84 Å². The van der Waals surface area contributed by atoms with Gasteiger partial charge in [-0.05, 0) is 18.3 Å². The van der Waals surface area contributed by atoms with Gasteiger partial charge in [-0.25, -0.2) is 0 Å². The second-order valence-corrected chi connectivity index (χ2v) is 5.64. The van der Waals surface area contributed by atoms with Crippen LogP contribution in [-0.2, 0) is 9.53 Å². The lowest BCUT2D eigenvalue weighted by Gasteiger charge is -2.38. The Morgan fingerprint density at radius 1 is 1.41 bits per heavy atom. The van der Waals surface area contributed by atoms with Crippen molar-refractivity contribution in [1.29, 1.82) is 0 Å². The zero-order valence-corrected chi connectivity index (χ0v) is 10.7. The Morgan fingerprint density at radius 3 is 2.71 bits per heavy atom. The highest BCUT2D eigenvalue weighted by atomic mass is 16.5. The molecule has 0 aromatic rings. The average Bonchev–Trinajstić information content (AvgIpc) is 2.57. The number of aliphatic carboxylic acids is 1. The van der Waals surface area contributed by atoms with E-state index < -0.39 is 5.97 Å². The van der Waals surface area contributed by atoms with Crippen LogP contribution in [0.15, 0.2) is 0 Å². The van der Waals surface area contributed by atoms with Crippen LogP contribution in [0.25, 0.3) is 0 Å². The fourth-order valence-corrected chi connectivity index (χ4v) is 3.71. The van der Waals surface area contributed by atoms with E-state index in [0.29, 0.717) is 11.3 Å². The van der Waals surface area contributed by atoms with Crippen molar-refractivity contribution in [3.8, 4) is 0 Å². The lowest BCUT2D eigenvalue weighted by Crippen LogP contribution is -2.35. The molecule has 98 valence electrons. The summed E-state index contributed by atoms with van der Waals surface area (Å²) in [7, 11) is 1.75. The van der Waals surface area contributed by atoms with E-state index in [9.17, 15) is 4.79 Å². The molecular weight excluding hydrogens is 218 g/mol. The molecule has 2 fully saturated rings. The highest BCUT2D eigenvalue weighted by molar-refractivity contribution is 5.69. The van der Waals surface area contributed by atoms with Gasteiger partial charge in [0.1, 0.15) is 0 Å². The summed E-state index contributed by atoms with van der Waals surface area (Å²) in [5.41, 5.74) is 0.337. The van der Waals surface area contributed by atoms with E-state index >= 15 is 0 Å². The molecule has 0 amide bonds. The summed E-state index contributed by atoms with van der Waals surface area (Å²) in [6, 6.07) is 0. The van der Waals surface area contributed by atoms with E-state index in [1.165, 1.54) is 32.1 Å². The van der Waals surface area contributed by atoms with Crippen molar-refractivity contribution in [2.24, 2.45) is 11.3 Å². The third kappa shape index (κ3) is 2.80. The van der Waals surface area contributed by atoms with Crippen molar-refractivity contribution in [3.63, 3.8) is 0 Å². The van der Waals surface area contributed by atoms with Crippen LogP contribution >= 0.6 is 0 Å². The number of hydrogen-bond donors (Lipinski definition) is 1. The number of ether oxygens (including phenoxy) is 1. The maximum atomic E-state index is 10.8. The van der Waals surface area contributed by atoms with Gasteiger partial charge in [-0.3, -0.25) is 9.69 Å². The van der Waals surface area contributed by atoms with Gasteiger partial charge in [0.05, 0.1) is 13.2 Å². The fourth-order valence-electron chi connectivity index (χ4n) is 3.71. The van der Waals surface area contributed by atoms with Gasteiger partial charge in [0.15, 0.2) is 0 Å². The van der Waals surface area contributed by atoms with Crippen molar-refractivity contribution in [2.45, 2.75) is 32.1 Å². The van der Waals surface area contributed by atoms with Crippen LogP contribution in [-0.4, -0.2) is 49.3 Å². The van der Waals surface area contributed by atoms with E-state index in [1.807, 2.05) is 0 Å². The standard InChI is InChI=1S/C13H23NO3/c1-17-9-11-7-14(8-12(15)16)10-13(11)5-3-2-4-6-13/h11H,2-10H2,1H3,(H,15,16)/t11-/m0/s1. The van der Waals surface area contributed by atoms with Gasteiger partial charge in [0.25, 0.3) is 0 Å². The Bertz CT molecular complexity index is 274. The molecule has 4 nitrogen and oxygen atoms in total. The number of carbonyl (C=O) groups is 1. The Balaban J connectivity index is 2.03. The van der Waals surface area contributed by atoms with Crippen molar-refractivity contribution >= 4 is 5.97 Å². The normalized spacial score (nSPS) is 28.6. The third-order valence-corrected chi connectivity index (χ3v) is 4.46. The highest BCUT2D eigenvalue weighted by Crippen LogP contribution is 2.47. The summed E-state index contributed by atoms with van der Waals surface area (Å²) in [5, 5.41) is 8.90. The molecule has 2 aliphatic rings. The van der Waals surface area contributed by atoms with E-state index in [2.05, 4.69) is 4.90 Å². The molecule has 0 bridgehead atoms. The van der Waals surface area contributed by atoms with E-state index in [0.717, 1.165) is 19.7 Å². The van der Waals surface area contributed by atoms with Crippen LogP contribution in [0.1, 0.15) is 32.1 Å². The minimum absolute atomic E-state index is 0.183. The lowest BCUT2D eigenvalue weighted by molar-refractivity contribution is -0.138. The largest absolute Gasteiger partial charge is 0.480 e. The Kier molecular flexibility index (Phi) is 4.05. The van der Waals surface area contributed by atoms with Gasteiger partial charge < -0.3 is 9.84 Å². The molecule has 17 heavy (non-hydrogen) atoms. The molecule has 2 rings (SSSR count). The molecule has 0 unspecified atom stereocenters. The van der Waals surface area contributed by atoms with Gasteiger partial charge in [-0.2, -0.15) is 0 Å². The van der Waals surface area contributed by atoms with E-state index in [1.54, 1.807) is 7.11 Å². The molecule has 1 N–H and O–H groups in total. The predicted molar refractivity (Wildman–Crippen MR) is 65.0 cm³/mol. The van der Waals surface area contributed by atoms with Crippen molar-refractivity contribution < 1.29 is 14.6 Å². The maximum Gasteiger partial charge on any atom is 0.317 e. The first-order valence-electron chi connectivity index (χ1n) is 6.59. The topological polar surface area (TPSA) is 49.8 Å². The van der Waals surface area contributed by atoms with Crippen LogP contribution in [0.2, 0.25) is 0 Å². The Hall–Kier alpha value is -0.610. The molecule has 0 aromatic carbocycles. The molecular formula is C13H23NO3.